The predicted octanol–water partition coefficient (Wildman–Crippen LogP) is -0.551. The highest BCUT2D eigenvalue weighted by Gasteiger charge is 2.20. The summed E-state index contributed by atoms with van der Waals surface area (Å²) >= 11 is 0. The Kier molecular flexibility index (Phi) is 4.42. The topological polar surface area (TPSA) is 104 Å². The van der Waals surface area contributed by atoms with Crippen molar-refractivity contribution in [3.63, 3.8) is 0 Å². The number of carbonyl (C=O) groups excluding carboxylic acids is 1. The van der Waals surface area contributed by atoms with E-state index in [1.54, 1.807) is 24.3 Å². The van der Waals surface area contributed by atoms with E-state index in [0.717, 1.165) is 0 Å². The van der Waals surface area contributed by atoms with Crippen molar-refractivity contribution in [2.75, 3.05) is 0 Å². The van der Waals surface area contributed by atoms with E-state index in [-0.39, 0.29) is 13.0 Å². The average Bonchev–Trinajstić information content (AvgIpc) is 2.27. The van der Waals surface area contributed by atoms with Crippen molar-refractivity contribution >= 4 is 5.91 Å². The zero-order chi connectivity index (χ0) is 12.1. The summed E-state index contributed by atoms with van der Waals surface area (Å²) in [5.41, 5.74) is 5.99. The Morgan fingerprint density at radius 3 is 2.62 bits per heavy atom. The third kappa shape index (κ3) is 3.30. The summed E-state index contributed by atoms with van der Waals surface area (Å²) in [7, 11) is 0. The van der Waals surface area contributed by atoms with Gasteiger partial charge in [0.15, 0.2) is 0 Å². The van der Waals surface area contributed by atoms with Gasteiger partial charge in [0.2, 0.25) is 5.91 Å². The lowest BCUT2D eigenvalue weighted by Gasteiger charge is -2.17. The molecule has 0 spiro atoms. The van der Waals surface area contributed by atoms with Crippen LogP contribution in [0.15, 0.2) is 24.3 Å². The summed E-state index contributed by atoms with van der Waals surface area (Å²) in [6, 6.07) is 6.51. The second-order valence-electron chi connectivity index (χ2n) is 3.59. The van der Waals surface area contributed by atoms with Crippen LogP contribution in [0.1, 0.15) is 23.7 Å². The third-order valence-electron chi connectivity index (χ3n) is 2.25. The van der Waals surface area contributed by atoms with Gasteiger partial charge in [-0.3, -0.25) is 4.79 Å². The number of aliphatic hydroxyl groups excluding tert-OH is 3. The second-order valence-corrected chi connectivity index (χ2v) is 3.59. The standard InChI is InChI=1S/C11H15NO4/c12-10(15)5-9(14)11(16)8-3-1-2-7(4-8)6-13/h1-4,9,11,13-14,16H,5-6H2,(H2,12,15). The molecular formula is C11H15NO4. The Bertz CT molecular complexity index is 367. The SMILES string of the molecule is NC(=O)CC(O)C(O)c1cccc(CO)c1. The normalized spacial score (nSPS) is 14.4. The molecule has 2 unspecified atom stereocenters. The minimum Gasteiger partial charge on any atom is -0.392 e. The summed E-state index contributed by atoms with van der Waals surface area (Å²) in [6.45, 7) is -0.146. The fourth-order valence-electron chi connectivity index (χ4n) is 1.42. The number of amides is 1. The van der Waals surface area contributed by atoms with Gasteiger partial charge in [0.25, 0.3) is 0 Å². The molecule has 0 fully saturated rings. The van der Waals surface area contributed by atoms with E-state index in [1.807, 2.05) is 0 Å². The van der Waals surface area contributed by atoms with Gasteiger partial charge in [0.05, 0.1) is 19.1 Å². The van der Waals surface area contributed by atoms with Gasteiger partial charge >= 0.3 is 0 Å². The molecule has 5 nitrogen and oxygen atoms in total. The molecule has 0 saturated carbocycles. The molecule has 0 aromatic heterocycles. The molecule has 1 amide bonds. The highest BCUT2D eigenvalue weighted by atomic mass is 16.3. The van der Waals surface area contributed by atoms with E-state index in [1.165, 1.54) is 0 Å². The molecule has 0 aliphatic rings. The van der Waals surface area contributed by atoms with Crippen LogP contribution >= 0.6 is 0 Å². The largest absolute Gasteiger partial charge is 0.392 e. The van der Waals surface area contributed by atoms with E-state index in [4.69, 9.17) is 10.8 Å². The maximum atomic E-state index is 10.6. The summed E-state index contributed by atoms with van der Waals surface area (Å²) in [5, 5.41) is 28.1. The van der Waals surface area contributed by atoms with Gasteiger partial charge in [0.1, 0.15) is 6.10 Å². The lowest BCUT2D eigenvalue weighted by molar-refractivity contribution is -0.121. The molecule has 1 aromatic rings. The monoisotopic (exact) mass is 225 g/mol. The zero-order valence-corrected chi connectivity index (χ0v) is 8.71. The molecule has 0 radical (unpaired) electrons. The maximum absolute atomic E-state index is 10.6. The summed E-state index contributed by atoms with van der Waals surface area (Å²) in [5.74, 6) is -0.676. The molecule has 5 N–H and O–H groups in total. The van der Waals surface area contributed by atoms with Crippen molar-refractivity contribution in [3.8, 4) is 0 Å². The van der Waals surface area contributed by atoms with Gasteiger partial charge in [-0.25, -0.2) is 0 Å². The molecule has 0 aliphatic carbocycles. The van der Waals surface area contributed by atoms with Crippen LogP contribution in [-0.4, -0.2) is 27.3 Å². The van der Waals surface area contributed by atoms with Crippen LogP contribution in [0.4, 0.5) is 0 Å². The summed E-state index contributed by atoms with van der Waals surface area (Å²) in [4.78, 5) is 10.6. The van der Waals surface area contributed by atoms with E-state index >= 15 is 0 Å². The highest BCUT2D eigenvalue weighted by molar-refractivity contribution is 5.74. The zero-order valence-electron chi connectivity index (χ0n) is 8.71. The number of carbonyl (C=O) groups is 1. The molecule has 5 heteroatoms. The fraction of sp³-hybridized carbons (Fsp3) is 0.364. The van der Waals surface area contributed by atoms with Crippen molar-refractivity contribution in [3.05, 3.63) is 35.4 Å². The first-order chi connectivity index (χ1) is 7.54. The molecule has 88 valence electrons. The first-order valence-electron chi connectivity index (χ1n) is 4.88. The predicted molar refractivity (Wildman–Crippen MR) is 57.1 cm³/mol. The Labute approximate surface area is 93.1 Å². The van der Waals surface area contributed by atoms with Crippen molar-refractivity contribution in [1.82, 2.24) is 0 Å². The van der Waals surface area contributed by atoms with Crippen LogP contribution in [0, 0.1) is 0 Å². The Hall–Kier alpha value is -1.43. The van der Waals surface area contributed by atoms with Gasteiger partial charge in [-0.05, 0) is 11.1 Å². The number of hydrogen-bond donors (Lipinski definition) is 4. The maximum Gasteiger partial charge on any atom is 0.220 e. The summed E-state index contributed by atoms with van der Waals surface area (Å²) in [6.07, 6.45) is -2.71. The first kappa shape index (κ1) is 12.6. The molecule has 2 atom stereocenters. The number of nitrogens with two attached hydrogens (primary N) is 1. The van der Waals surface area contributed by atoms with Crippen LogP contribution in [0.25, 0.3) is 0 Å². The molecule has 1 rings (SSSR count). The molecule has 1 aromatic carbocycles. The Morgan fingerprint density at radius 1 is 1.38 bits per heavy atom. The van der Waals surface area contributed by atoms with E-state index in [9.17, 15) is 15.0 Å². The number of aliphatic hydroxyl groups is 3. The lowest BCUT2D eigenvalue weighted by Crippen LogP contribution is -2.25. The van der Waals surface area contributed by atoms with Crippen molar-refractivity contribution in [1.29, 1.82) is 0 Å². The van der Waals surface area contributed by atoms with E-state index in [2.05, 4.69) is 0 Å². The molecule has 0 aliphatic heterocycles. The summed E-state index contributed by atoms with van der Waals surface area (Å²) < 4.78 is 0. The minimum absolute atomic E-state index is 0.146. The molecule has 0 saturated heterocycles. The Balaban J connectivity index is 2.78. The lowest BCUT2D eigenvalue weighted by atomic mass is 10.0. The van der Waals surface area contributed by atoms with Crippen LogP contribution in [0.3, 0.4) is 0 Å². The van der Waals surface area contributed by atoms with Gasteiger partial charge < -0.3 is 21.1 Å². The van der Waals surface area contributed by atoms with Gasteiger partial charge in [-0.2, -0.15) is 0 Å². The number of rotatable bonds is 5. The van der Waals surface area contributed by atoms with Gasteiger partial charge in [0, 0.05) is 0 Å². The smallest absolute Gasteiger partial charge is 0.220 e. The van der Waals surface area contributed by atoms with Gasteiger partial charge in [-0.1, -0.05) is 24.3 Å². The van der Waals surface area contributed by atoms with Gasteiger partial charge in [-0.15, -0.1) is 0 Å². The Morgan fingerprint density at radius 2 is 2.06 bits per heavy atom. The van der Waals surface area contributed by atoms with Crippen LogP contribution in [-0.2, 0) is 11.4 Å². The first-order valence-corrected chi connectivity index (χ1v) is 4.88. The fourth-order valence-corrected chi connectivity index (χ4v) is 1.42. The number of benzene rings is 1. The van der Waals surface area contributed by atoms with Crippen molar-refractivity contribution < 1.29 is 20.1 Å². The number of primary amides is 1. The van der Waals surface area contributed by atoms with E-state index in [0.29, 0.717) is 11.1 Å². The molecule has 0 bridgehead atoms. The van der Waals surface area contributed by atoms with Crippen molar-refractivity contribution in [2.24, 2.45) is 5.73 Å². The number of hydrogen-bond acceptors (Lipinski definition) is 4. The highest BCUT2D eigenvalue weighted by Crippen LogP contribution is 2.19. The van der Waals surface area contributed by atoms with Crippen molar-refractivity contribution in [2.45, 2.75) is 25.2 Å². The molecule has 0 heterocycles. The molecule has 16 heavy (non-hydrogen) atoms. The van der Waals surface area contributed by atoms with Crippen LogP contribution < -0.4 is 5.73 Å². The van der Waals surface area contributed by atoms with Crippen LogP contribution in [0.5, 0.6) is 0 Å². The minimum atomic E-state index is -1.23. The van der Waals surface area contributed by atoms with E-state index < -0.39 is 18.1 Å². The van der Waals surface area contributed by atoms with Crippen LogP contribution in [0.2, 0.25) is 0 Å². The third-order valence-corrected chi connectivity index (χ3v) is 2.25. The average molecular weight is 225 g/mol. The molecular weight excluding hydrogens is 210 g/mol. The second kappa shape index (κ2) is 5.60. The quantitative estimate of drug-likeness (QED) is 0.539.